The average molecular weight is 422 g/mol. The third-order valence-electron chi connectivity index (χ3n) is 5.48. The van der Waals surface area contributed by atoms with Crippen molar-refractivity contribution in [3.63, 3.8) is 0 Å². The highest BCUT2D eigenvalue weighted by atomic mass is 32.1. The number of aromatic nitrogens is 2. The van der Waals surface area contributed by atoms with Crippen molar-refractivity contribution < 1.29 is 5.11 Å². The molecule has 3 aromatic rings. The third kappa shape index (κ3) is 3.91. The quantitative estimate of drug-likeness (QED) is 0.571. The van der Waals surface area contributed by atoms with E-state index in [0.717, 1.165) is 22.8 Å². The molecule has 156 valence electrons. The number of thiocarbonyl (C=S) groups is 1. The SMILES string of the molecule is CN(C)c1ccc(-n2cccc2C2C(c3ccccn3)NC(=S)N2CCCO)cc1. The van der Waals surface area contributed by atoms with Gasteiger partial charge in [-0.05, 0) is 67.2 Å². The van der Waals surface area contributed by atoms with Gasteiger partial charge in [-0.3, -0.25) is 4.98 Å². The summed E-state index contributed by atoms with van der Waals surface area (Å²) in [5.41, 5.74) is 4.34. The number of hydrogen-bond acceptors (Lipinski definition) is 4. The van der Waals surface area contributed by atoms with E-state index in [1.807, 2.05) is 38.5 Å². The van der Waals surface area contributed by atoms with Gasteiger partial charge >= 0.3 is 0 Å². The van der Waals surface area contributed by atoms with Crippen molar-refractivity contribution in [2.45, 2.75) is 18.5 Å². The Hall–Kier alpha value is -2.90. The number of anilines is 1. The Balaban J connectivity index is 1.75. The summed E-state index contributed by atoms with van der Waals surface area (Å²) in [4.78, 5) is 8.85. The van der Waals surface area contributed by atoms with E-state index in [2.05, 4.69) is 67.3 Å². The molecular formula is C23H27N5OS. The smallest absolute Gasteiger partial charge is 0.170 e. The summed E-state index contributed by atoms with van der Waals surface area (Å²) in [6.45, 7) is 0.814. The second-order valence-corrected chi connectivity index (χ2v) is 8.00. The van der Waals surface area contributed by atoms with Gasteiger partial charge in [-0.25, -0.2) is 0 Å². The van der Waals surface area contributed by atoms with Gasteiger partial charge in [0.15, 0.2) is 5.11 Å². The third-order valence-corrected chi connectivity index (χ3v) is 5.83. The van der Waals surface area contributed by atoms with Gasteiger partial charge in [0.05, 0.1) is 17.8 Å². The van der Waals surface area contributed by atoms with E-state index in [1.165, 1.54) is 0 Å². The number of aliphatic hydroxyl groups excluding tert-OH is 1. The standard InChI is InChI=1S/C23H27N5OS/c1-26(2)17-9-11-18(12-10-17)27-14-5-8-20(27)22-21(19-7-3-4-13-24-19)25-23(30)28(22)15-6-16-29/h3-5,7-14,21-22,29H,6,15-16H2,1-2H3,(H,25,30). The molecule has 1 aromatic carbocycles. The predicted molar refractivity (Wildman–Crippen MR) is 124 cm³/mol. The summed E-state index contributed by atoms with van der Waals surface area (Å²) < 4.78 is 2.21. The van der Waals surface area contributed by atoms with Crippen molar-refractivity contribution in [2.24, 2.45) is 0 Å². The van der Waals surface area contributed by atoms with E-state index in [0.29, 0.717) is 18.1 Å². The van der Waals surface area contributed by atoms with E-state index in [9.17, 15) is 5.11 Å². The van der Waals surface area contributed by atoms with Crippen LogP contribution in [-0.2, 0) is 0 Å². The fourth-order valence-electron chi connectivity index (χ4n) is 3.99. The van der Waals surface area contributed by atoms with Crippen LogP contribution in [-0.4, -0.2) is 51.9 Å². The van der Waals surface area contributed by atoms with Crippen LogP contribution in [0.3, 0.4) is 0 Å². The second-order valence-electron chi connectivity index (χ2n) is 7.61. The van der Waals surface area contributed by atoms with Crippen molar-refractivity contribution in [1.82, 2.24) is 19.8 Å². The summed E-state index contributed by atoms with van der Waals surface area (Å²) in [5.74, 6) is 0. The average Bonchev–Trinajstić information content (AvgIpc) is 3.37. The first-order valence-electron chi connectivity index (χ1n) is 10.1. The molecule has 7 heteroatoms. The second kappa shape index (κ2) is 8.85. The van der Waals surface area contributed by atoms with Crippen LogP contribution >= 0.6 is 12.2 Å². The van der Waals surface area contributed by atoms with E-state index in [-0.39, 0.29) is 18.7 Å². The van der Waals surface area contributed by atoms with Crippen molar-refractivity contribution >= 4 is 23.0 Å². The van der Waals surface area contributed by atoms with E-state index in [1.54, 1.807) is 0 Å². The lowest BCUT2D eigenvalue weighted by Gasteiger charge is -2.29. The molecular weight excluding hydrogens is 394 g/mol. The highest BCUT2D eigenvalue weighted by molar-refractivity contribution is 7.80. The summed E-state index contributed by atoms with van der Waals surface area (Å²) in [6, 6.07) is 18.6. The van der Waals surface area contributed by atoms with Gasteiger partial charge in [-0.1, -0.05) is 6.07 Å². The Kier molecular flexibility index (Phi) is 6.01. The Morgan fingerprint density at radius 1 is 1.10 bits per heavy atom. The molecule has 0 saturated carbocycles. The van der Waals surface area contributed by atoms with Crippen LogP contribution in [0.2, 0.25) is 0 Å². The highest BCUT2D eigenvalue weighted by Crippen LogP contribution is 2.39. The van der Waals surface area contributed by atoms with Gasteiger partial charge in [-0.2, -0.15) is 0 Å². The molecule has 1 fully saturated rings. The predicted octanol–water partition coefficient (Wildman–Crippen LogP) is 3.29. The van der Waals surface area contributed by atoms with Crippen LogP contribution in [0.5, 0.6) is 0 Å². The molecule has 0 spiro atoms. The first-order chi connectivity index (χ1) is 14.6. The summed E-state index contributed by atoms with van der Waals surface area (Å²) >= 11 is 5.68. The molecule has 1 aliphatic rings. The van der Waals surface area contributed by atoms with Crippen LogP contribution in [0, 0.1) is 0 Å². The highest BCUT2D eigenvalue weighted by Gasteiger charge is 2.40. The van der Waals surface area contributed by atoms with E-state index < -0.39 is 0 Å². The Labute approximate surface area is 182 Å². The van der Waals surface area contributed by atoms with Crippen LogP contribution < -0.4 is 10.2 Å². The van der Waals surface area contributed by atoms with Gasteiger partial charge in [0.1, 0.15) is 0 Å². The summed E-state index contributed by atoms with van der Waals surface area (Å²) in [7, 11) is 4.08. The zero-order valence-corrected chi connectivity index (χ0v) is 18.1. The topological polar surface area (TPSA) is 56.6 Å². The molecule has 2 atom stereocenters. The number of nitrogens with one attached hydrogen (secondary N) is 1. The lowest BCUT2D eigenvalue weighted by molar-refractivity contribution is 0.245. The lowest BCUT2D eigenvalue weighted by Crippen LogP contribution is -2.31. The van der Waals surface area contributed by atoms with Crippen molar-refractivity contribution in [1.29, 1.82) is 0 Å². The first kappa shape index (κ1) is 20.4. The number of rotatable bonds is 7. The van der Waals surface area contributed by atoms with Crippen molar-refractivity contribution in [2.75, 3.05) is 32.1 Å². The Morgan fingerprint density at radius 2 is 1.90 bits per heavy atom. The molecule has 0 bridgehead atoms. The first-order valence-corrected chi connectivity index (χ1v) is 10.5. The molecule has 0 radical (unpaired) electrons. The van der Waals surface area contributed by atoms with Crippen LogP contribution in [0.4, 0.5) is 5.69 Å². The normalized spacial score (nSPS) is 18.5. The zero-order chi connectivity index (χ0) is 21.1. The molecule has 2 N–H and O–H groups in total. The molecule has 0 amide bonds. The number of hydrogen-bond donors (Lipinski definition) is 2. The van der Waals surface area contributed by atoms with Gasteiger partial charge < -0.3 is 24.8 Å². The molecule has 2 unspecified atom stereocenters. The van der Waals surface area contributed by atoms with Gasteiger partial charge in [-0.15, -0.1) is 0 Å². The van der Waals surface area contributed by atoms with E-state index >= 15 is 0 Å². The molecule has 0 aliphatic carbocycles. The Bertz CT molecular complexity index is 986. The number of aliphatic hydroxyl groups is 1. The van der Waals surface area contributed by atoms with E-state index in [4.69, 9.17) is 12.2 Å². The minimum absolute atomic E-state index is 0.0255. The maximum Gasteiger partial charge on any atom is 0.170 e. The Morgan fingerprint density at radius 3 is 2.57 bits per heavy atom. The number of nitrogens with zero attached hydrogens (tertiary/aromatic N) is 4. The van der Waals surface area contributed by atoms with Gasteiger partial charge in [0, 0.05) is 56.7 Å². The fourth-order valence-corrected chi connectivity index (χ4v) is 4.32. The van der Waals surface area contributed by atoms with Crippen LogP contribution in [0.1, 0.15) is 29.9 Å². The fraction of sp³-hybridized carbons (Fsp3) is 0.304. The lowest BCUT2D eigenvalue weighted by atomic mass is 10.0. The molecule has 2 aromatic heterocycles. The maximum absolute atomic E-state index is 9.40. The van der Waals surface area contributed by atoms with Gasteiger partial charge in [0.25, 0.3) is 0 Å². The van der Waals surface area contributed by atoms with Crippen LogP contribution in [0.25, 0.3) is 5.69 Å². The number of pyridine rings is 1. The minimum atomic E-state index is -0.0629. The molecule has 30 heavy (non-hydrogen) atoms. The monoisotopic (exact) mass is 421 g/mol. The van der Waals surface area contributed by atoms with Crippen LogP contribution in [0.15, 0.2) is 67.0 Å². The summed E-state index contributed by atoms with van der Waals surface area (Å²) in [6.07, 6.45) is 4.55. The van der Waals surface area contributed by atoms with Crippen molar-refractivity contribution in [3.8, 4) is 5.69 Å². The maximum atomic E-state index is 9.40. The molecule has 1 saturated heterocycles. The van der Waals surface area contributed by atoms with Crippen molar-refractivity contribution in [3.05, 3.63) is 78.4 Å². The molecule has 6 nitrogen and oxygen atoms in total. The summed E-state index contributed by atoms with van der Waals surface area (Å²) in [5, 5.41) is 13.6. The minimum Gasteiger partial charge on any atom is -0.396 e. The molecule has 3 heterocycles. The molecule has 4 rings (SSSR count). The number of benzene rings is 1. The largest absolute Gasteiger partial charge is 0.396 e. The van der Waals surface area contributed by atoms with Gasteiger partial charge in [0.2, 0.25) is 0 Å². The zero-order valence-electron chi connectivity index (χ0n) is 17.3. The molecule has 1 aliphatic heterocycles.